The largest absolute Gasteiger partial charge is 0.369 e. The van der Waals surface area contributed by atoms with Crippen molar-refractivity contribution in [3.05, 3.63) is 24.3 Å². The molecular weight excluding hydrogens is 378 g/mol. The summed E-state index contributed by atoms with van der Waals surface area (Å²) in [6.07, 6.45) is 2.26. The minimum Gasteiger partial charge on any atom is -0.369 e. The zero-order valence-corrected chi connectivity index (χ0v) is 16.0. The summed E-state index contributed by atoms with van der Waals surface area (Å²) in [6, 6.07) is 5.95. The molecule has 2 aliphatic heterocycles. The van der Waals surface area contributed by atoms with Crippen molar-refractivity contribution in [3.63, 3.8) is 0 Å². The monoisotopic (exact) mass is 401 g/mol. The molecule has 0 bridgehead atoms. The fourth-order valence-electron chi connectivity index (χ4n) is 3.39. The lowest BCUT2D eigenvalue weighted by atomic mass is 9.98. The molecule has 0 aliphatic carbocycles. The third-order valence-corrected chi connectivity index (χ3v) is 8.75. The summed E-state index contributed by atoms with van der Waals surface area (Å²) in [5, 5.41) is 0. The fourth-order valence-corrected chi connectivity index (χ4v) is 6.50. The number of benzene rings is 1. The Morgan fingerprint density at radius 1 is 1.04 bits per heavy atom. The summed E-state index contributed by atoms with van der Waals surface area (Å²) in [4.78, 5) is 11.3. The van der Waals surface area contributed by atoms with Crippen molar-refractivity contribution >= 4 is 31.6 Å². The molecule has 0 saturated carbocycles. The molecule has 2 heterocycles. The van der Waals surface area contributed by atoms with Gasteiger partial charge in [0.1, 0.15) is 0 Å². The van der Waals surface area contributed by atoms with Gasteiger partial charge in [-0.2, -0.15) is 4.31 Å². The van der Waals surface area contributed by atoms with E-state index in [0.717, 1.165) is 6.42 Å². The number of amides is 1. The first-order valence-electron chi connectivity index (χ1n) is 8.62. The fraction of sp³-hybridized carbons (Fsp3) is 0.562. The Hall–Kier alpha value is -1.65. The molecule has 1 aromatic rings. The zero-order chi connectivity index (χ0) is 18.9. The van der Waals surface area contributed by atoms with Crippen molar-refractivity contribution in [2.75, 3.05) is 29.7 Å². The maximum Gasteiger partial charge on any atom is 0.243 e. The normalized spacial score (nSPS) is 22.2. The lowest BCUT2D eigenvalue weighted by molar-refractivity contribution is -0.122. The predicted octanol–water partition coefficient (Wildman–Crippen LogP) is 0.503. The first kappa shape index (κ1) is 19.1. The third-order valence-electron chi connectivity index (χ3n) is 4.97. The van der Waals surface area contributed by atoms with Crippen LogP contribution in [0.3, 0.4) is 0 Å². The SMILES string of the molecule is NC(=O)C1CCN(S(=O)(=O)c2ccc(N3CCCCS3(=O)=O)cc2)CC1. The quantitative estimate of drug-likeness (QED) is 0.788. The van der Waals surface area contributed by atoms with E-state index in [9.17, 15) is 21.6 Å². The number of piperidine rings is 1. The van der Waals surface area contributed by atoms with Crippen molar-refractivity contribution in [2.45, 2.75) is 30.6 Å². The number of carbonyl (C=O) groups excluding carboxylic acids is 1. The first-order valence-corrected chi connectivity index (χ1v) is 11.7. The molecule has 2 saturated heterocycles. The van der Waals surface area contributed by atoms with E-state index in [0.29, 0.717) is 31.5 Å². The molecule has 0 aromatic heterocycles. The molecule has 3 rings (SSSR count). The number of rotatable bonds is 4. The van der Waals surface area contributed by atoms with Crippen molar-refractivity contribution in [3.8, 4) is 0 Å². The molecule has 2 aliphatic rings. The van der Waals surface area contributed by atoms with Crippen LogP contribution in [0.25, 0.3) is 0 Å². The summed E-state index contributed by atoms with van der Waals surface area (Å²) in [6.45, 7) is 0.908. The highest BCUT2D eigenvalue weighted by atomic mass is 32.2. The van der Waals surface area contributed by atoms with Gasteiger partial charge in [-0.05, 0) is 49.9 Å². The number of anilines is 1. The van der Waals surface area contributed by atoms with E-state index in [4.69, 9.17) is 5.73 Å². The molecule has 1 aromatic carbocycles. The van der Waals surface area contributed by atoms with Gasteiger partial charge in [0.25, 0.3) is 0 Å². The summed E-state index contributed by atoms with van der Waals surface area (Å²) >= 11 is 0. The van der Waals surface area contributed by atoms with Crippen LogP contribution in [0.15, 0.2) is 29.2 Å². The van der Waals surface area contributed by atoms with Gasteiger partial charge in [0, 0.05) is 25.6 Å². The topological polar surface area (TPSA) is 118 Å². The first-order chi connectivity index (χ1) is 12.2. The highest BCUT2D eigenvalue weighted by molar-refractivity contribution is 7.92. The highest BCUT2D eigenvalue weighted by Gasteiger charge is 2.32. The van der Waals surface area contributed by atoms with Crippen LogP contribution in [0, 0.1) is 5.92 Å². The summed E-state index contributed by atoms with van der Waals surface area (Å²) < 4.78 is 52.5. The van der Waals surface area contributed by atoms with E-state index in [-0.39, 0.29) is 29.7 Å². The van der Waals surface area contributed by atoms with E-state index in [1.807, 2.05) is 0 Å². The van der Waals surface area contributed by atoms with Gasteiger partial charge >= 0.3 is 0 Å². The van der Waals surface area contributed by atoms with E-state index in [1.54, 1.807) is 0 Å². The van der Waals surface area contributed by atoms with E-state index in [1.165, 1.54) is 32.9 Å². The van der Waals surface area contributed by atoms with E-state index in [2.05, 4.69) is 0 Å². The van der Waals surface area contributed by atoms with Crippen LogP contribution in [-0.4, -0.2) is 52.4 Å². The Labute approximate surface area is 154 Å². The number of sulfonamides is 2. The van der Waals surface area contributed by atoms with Crippen molar-refractivity contribution in [2.24, 2.45) is 11.7 Å². The van der Waals surface area contributed by atoms with Gasteiger partial charge < -0.3 is 5.73 Å². The molecule has 0 atom stereocenters. The number of hydrogen-bond acceptors (Lipinski definition) is 5. The lowest BCUT2D eigenvalue weighted by Gasteiger charge is -2.30. The molecule has 26 heavy (non-hydrogen) atoms. The van der Waals surface area contributed by atoms with Crippen LogP contribution >= 0.6 is 0 Å². The molecule has 144 valence electrons. The highest BCUT2D eigenvalue weighted by Crippen LogP contribution is 2.27. The Morgan fingerprint density at radius 3 is 2.19 bits per heavy atom. The lowest BCUT2D eigenvalue weighted by Crippen LogP contribution is -2.41. The maximum absolute atomic E-state index is 12.8. The minimum atomic E-state index is -3.67. The molecule has 0 spiro atoms. The molecule has 1 amide bonds. The summed E-state index contributed by atoms with van der Waals surface area (Å²) in [5.74, 6) is -0.565. The van der Waals surface area contributed by atoms with Crippen LogP contribution in [0.4, 0.5) is 5.69 Å². The predicted molar refractivity (Wildman–Crippen MR) is 97.5 cm³/mol. The second kappa shape index (κ2) is 7.16. The van der Waals surface area contributed by atoms with Gasteiger partial charge in [-0.1, -0.05) is 0 Å². The molecule has 10 heteroatoms. The van der Waals surface area contributed by atoms with Gasteiger partial charge in [-0.25, -0.2) is 16.8 Å². The van der Waals surface area contributed by atoms with E-state index >= 15 is 0 Å². The molecule has 2 fully saturated rings. The number of hydrogen-bond donors (Lipinski definition) is 1. The van der Waals surface area contributed by atoms with Crippen LogP contribution < -0.4 is 10.0 Å². The van der Waals surface area contributed by atoms with Gasteiger partial charge in [0.2, 0.25) is 26.0 Å². The van der Waals surface area contributed by atoms with Crippen LogP contribution in [-0.2, 0) is 24.8 Å². The molecule has 2 N–H and O–H groups in total. The van der Waals surface area contributed by atoms with Gasteiger partial charge in [0.05, 0.1) is 16.3 Å². The van der Waals surface area contributed by atoms with Gasteiger partial charge in [-0.15, -0.1) is 0 Å². The Morgan fingerprint density at radius 2 is 1.65 bits per heavy atom. The van der Waals surface area contributed by atoms with Crippen molar-refractivity contribution in [1.29, 1.82) is 0 Å². The molecule has 0 unspecified atom stereocenters. The number of nitrogens with two attached hydrogens (primary N) is 1. The van der Waals surface area contributed by atoms with E-state index < -0.39 is 26.0 Å². The standard InChI is InChI=1S/C16H23N3O5S2/c17-16(20)13-7-10-18(11-8-13)26(23,24)15-5-3-14(4-6-15)19-9-1-2-12-25(19,21)22/h3-6,13H,1-2,7-12H2,(H2,17,20). The third kappa shape index (κ3) is 3.72. The summed E-state index contributed by atoms with van der Waals surface area (Å²) in [5.41, 5.74) is 5.76. The van der Waals surface area contributed by atoms with Crippen LogP contribution in [0.1, 0.15) is 25.7 Å². The van der Waals surface area contributed by atoms with Gasteiger partial charge in [-0.3, -0.25) is 9.10 Å². The number of carbonyl (C=O) groups is 1. The second-order valence-electron chi connectivity index (χ2n) is 6.67. The Bertz CT molecular complexity index is 873. The average Bonchev–Trinajstić information content (AvgIpc) is 2.61. The second-order valence-corrected chi connectivity index (χ2v) is 10.6. The maximum atomic E-state index is 12.8. The zero-order valence-electron chi connectivity index (χ0n) is 14.4. The summed E-state index contributed by atoms with van der Waals surface area (Å²) in [7, 11) is -7.00. The van der Waals surface area contributed by atoms with Crippen LogP contribution in [0.2, 0.25) is 0 Å². The Kier molecular flexibility index (Phi) is 5.27. The smallest absolute Gasteiger partial charge is 0.243 e. The van der Waals surface area contributed by atoms with Crippen LogP contribution in [0.5, 0.6) is 0 Å². The molecule has 8 nitrogen and oxygen atoms in total. The molecule has 0 radical (unpaired) electrons. The number of primary amides is 1. The minimum absolute atomic E-state index is 0.113. The molecular formula is C16H23N3O5S2. The Balaban J connectivity index is 1.76. The van der Waals surface area contributed by atoms with Gasteiger partial charge in [0.15, 0.2) is 0 Å². The average molecular weight is 402 g/mol. The van der Waals surface area contributed by atoms with Crippen molar-refractivity contribution < 1.29 is 21.6 Å². The van der Waals surface area contributed by atoms with Crippen molar-refractivity contribution in [1.82, 2.24) is 4.31 Å². The number of nitrogens with zero attached hydrogens (tertiary/aromatic N) is 2.